The lowest BCUT2D eigenvalue weighted by molar-refractivity contribution is 0.0697. The molecule has 0 radical (unpaired) electrons. The van der Waals surface area contributed by atoms with E-state index in [9.17, 15) is 9.90 Å². The van der Waals surface area contributed by atoms with Crippen molar-refractivity contribution in [3.63, 3.8) is 0 Å². The molecule has 3 aromatic carbocycles. The van der Waals surface area contributed by atoms with Crippen LogP contribution < -0.4 is 0 Å². The van der Waals surface area contributed by atoms with E-state index in [0.717, 1.165) is 50.3 Å². The van der Waals surface area contributed by atoms with Crippen LogP contribution >= 0.6 is 11.6 Å². The highest BCUT2D eigenvalue weighted by Gasteiger charge is 2.12. The van der Waals surface area contributed by atoms with E-state index in [0.29, 0.717) is 5.56 Å². The Bertz CT molecular complexity index is 1140. The van der Waals surface area contributed by atoms with E-state index in [1.807, 2.05) is 37.3 Å². The third-order valence-corrected chi connectivity index (χ3v) is 5.22. The van der Waals surface area contributed by atoms with Gasteiger partial charge in [0.1, 0.15) is 0 Å². The van der Waals surface area contributed by atoms with Crippen LogP contribution in [0, 0.1) is 6.92 Å². The summed E-state index contributed by atoms with van der Waals surface area (Å²) in [6.45, 7) is 2.02. The normalized spacial score (nSPS) is 11.0. The van der Waals surface area contributed by atoms with Gasteiger partial charge in [-0.05, 0) is 54.3 Å². The van der Waals surface area contributed by atoms with Gasteiger partial charge in [0, 0.05) is 27.2 Å². The molecule has 0 amide bonds. The number of hydrogen-bond donors (Lipinski definition) is 2. The molecule has 2 N–H and O–H groups in total. The molecule has 0 aliphatic heterocycles. The first kappa shape index (κ1) is 17.4. The monoisotopic (exact) mass is 375 g/mol. The van der Waals surface area contributed by atoms with E-state index in [1.54, 1.807) is 12.1 Å². The van der Waals surface area contributed by atoms with Crippen LogP contribution in [0.5, 0.6) is 0 Å². The number of halogens is 1. The van der Waals surface area contributed by atoms with Crippen LogP contribution in [0.3, 0.4) is 0 Å². The Hall–Kier alpha value is -3.04. The number of H-pyrrole nitrogens is 1. The molecule has 0 saturated carbocycles. The largest absolute Gasteiger partial charge is 0.478 e. The molecule has 4 heteroatoms. The van der Waals surface area contributed by atoms with Crippen molar-refractivity contribution >= 4 is 28.5 Å². The van der Waals surface area contributed by atoms with Gasteiger partial charge in [-0.15, -0.1) is 0 Å². The molecule has 1 aromatic heterocycles. The number of carbonyl (C=O) groups is 1. The highest BCUT2D eigenvalue weighted by atomic mass is 35.5. The number of benzene rings is 3. The van der Waals surface area contributed by atoms with Gasteiger partial charge >= 0.3 is 5.97 Å². The van der Waals surface area contributed by atoms with Crippen LogP contribution in [0.1, 0.15) is 27.2 Å². The Labute approximate surface area is 162 Å². The minimum Gasteiger partial charge on any atom is -0.478 e. The predicted molar refractivity (Wildman–Crippen MR) is 110 cm³/mol. The molecule has 0 atom stereocenters. The number of aromatic nitrogens is 1. The fraction of sp³-hybridized carbons (Fsp3) is 0.0870. The van der Waals surface area contributed by atoms with Gasteiger partial charge in [0.2, 0.25) is 0 Å². The first-order valence-corrected chi connectivity index (χ1v) is 9.09. The number of aryl methyl sites for hydroxylation is 1. The minimum atomic E-state index is -0.911. The Balaban J connectivity index is 1.68. The summed E-state index contributed by atoms with van der Waals surface area (Å²) in [7, 11) is 0. The van der Waals surface area contributed by atoms with Gasteiger partial charge in [0.05, 0.1) is 5.56 Å². The fourth-order valence-corrected chi connectivity index (χ4v) is 3.69. The SMILES string of the molecule is Cc1[nH]c2ccc(C(=O)O)cc2c1Cc1ccc(-c2ccccc2Cl)cc1. The Kier molecular flexibility index (Phi) is 4.46. The molecule has 134 valence electrons. The van der Waals surface area contributed by atoms with E-state index in [1.165, 1.54) is 0 Å². The highest BCUT2D eigenvalue weighted by Crippen LogP contribution is 2.29. The Morgan fingerprint density at radius 1 is 1.04 bits per heavy atom. The minimum absolute atomic E-state index is 0.303. The smallest absolute Gasteiger partial charge is 0.335 e. The Morgan fingerprint density at radius 3 is 2.48 bits per heavy atom. The van der Waals surface area contributed by atoms with Gasteiger partial charge in [-0.2, -0.15) is 0 Å². The van der Waals surface area contributed by atoms with Crippen LogP contribution in [-0.4, -0.2) is 16.1 Å². The van der Waals surface area contributed by atoms with E-state index >= 15 is 0 Å². The van der Waals surface area contributed by atoms with Gasteiger partial charge < -0.3 is 10.1 Å². The third kappa shape index (κ3) is 3.34. The maximum atomic E-state index is 11.3. The summed E-state index contributed by atoms with van der Waals surface area (Å²) in [5.41, 5.74) is 6.70. The van der Waals surface area contributed by atoms with Gasteiger partial charge in [0.15, 0.2) is 0 Å². The highest BCUT2D eigenvalue weighted by molar-refractivity contribution is 6.33. The number of carboxylic acids is 1. The van der Waals surface area contributed by atoms with Gasteiger partial charge in [-0.25, -0.2) is 4.79 Å². The van der Waals surface area contributed by atoms with Crippen LogP contribution in [-0.2, 0) is 6.42 Å². The summed E-state index contributed by atoms with van der Waals surface area (Å²) in [5.74, 6) is -0.911. The van der Waals surface area contributed by atoms with Crippen molar-refractivity contribution in [3.8, 4) is 11.1 Å². The zero-order valence-corrected chi connectivity index (χ0v) is 15.5. The number of carboxylic acid groups (broad SMARTS) is 1. The lowest BCUT2D eigenvalue weighted by Gasteiger charge is -2.07. The van der Waals surface area contributed by atoms with E-state index < -0.39 is 5.97 Å². The quantitative estimate of drug-likeness (QED) is 0.453. The van der Waals surface area contributed by atoms with E-state index in [4.69, 9.17) is 11.6 Å². The van der Waals surface area contributed by atoms with Crippen molar-refractivity contribution < 1.29 is 9.90 Å². The fourth-order valence-electron chi connectivity index (χ4n) is 3.44. The molecule has 0 bridgehead atoms. The summed E-state index contributed by atoms with van der Waals surface area (Å²) < 4.78 is 0. The molecule has 0 aliphatic rings. The zero-order valence-electron chi connectivity index (χ0n) is 14.8. The van der Waals surface area contributed by atoms with Crippen LogP contribution in [0.25, 0.3) is 22.0 Å². The summed E-state index contributed by atoms with van der Waals surface area (Å²) in [6, 6.07) is 21.3. The molecule has 4 aromatic rings. The van der Waals surface area contributed by atoms with Crippen molar-refractivity contribution in [1.82, 2.24) is 4.98 Å². The second-order valence-corrected chi connectivity index (χ2v) is 7.05. The van der Waals surface area contributed by atoms with Gasteiger partial charge in [-0.1, -0.05) is 54.1 Å². The van der Waals surface area contributed by atoms with Crippen molar-refractivity contribution in [2.45, 2.75) is 13.3 Å². The summed E-state index contributed by atoms with van der Waals surface area (Å²) >= 11 is 6.29. The first-order valence-electron chi connectivity index (χ1n) is 8.71. The molecule has 0 aliphatic carbocycles. The van der Waals surface area contributed by atoms with Crippen LogP contribution in [0.4, 0.5) is 0 Å². The lowest BCUT2D eigenvalue weighted by atomic mass is 9.98. The number of rotatable bonds is 4. The molecule has 1 heterocycles. The van der Waals surface area contributed by atoms with E-state index in [2.05, 4.69) is 29.2 Å². The Morgan fingerprint density at radius 2 is 1.78 bits per heavy atom. The first-order chi connectivity index (χ1) is 13.0. The predicted octanol–water partition coefficient (Wildman–Crippen LogP) is 6.09. The topological polar surface area (TPSA) is 53.1 Å². The molecule has 0 spiro atoms. The van der Waals surface area contributed by atoms with Crippen molar-refractivity contribution in [2.24, 2.45) is 0 Å². The van der Waals surface area contributed by atoms with Crippen molar-refractivity contribution in [3.05, 3.63) is 94.1 Å². The number of hydrogen-bond acceptors (Lipinski definition) is 1. The van der Waals surface area contributed by atoms with Gasteiger partial charge in [-0.3, -0.25) is 0 Å². The lowest BCUT2D eigenvalue weighted by Crippen LogP contribution is -1.96. The average Bonchev–Trinajstić information content (AvgIpc) is 2.97. The zero-order chi connectivity index (χ0) is 19.0. The molecule has 3 nitrogen and oxygen atoms in total. The second kappa shape index (κ2) is 6.93. The molecule has 0 saturated heterocycles. The summed E-state index contributed by atoms with van der Waals surface area (Å²) in [5, 5.41) is 11.0. The second-order valence-electron chi connectivity index (χ2n) is 6.65. The molecular formula is C23H18ClNO2. The summed E-state index contributed by atoms with van der Waals surface area (Å²) in [6.07, 6.45) is 0.734. The molecular weight excluding hydrogens is 358 g/mol. The molecule has 0 unspecified atom stereocenters. The molecule has 27 heavy (non-hydrogen) atoms. The third-order valence-electron chi connectivity index (χ3n) is 4.89. The van der Waals surface area contributed by atoms with Crippen LogP contribution in [0.2, 0.25) is 5.02 Å². The van der Waals surface area contributed by atoms with E-state index in [-0.39, 0.29) is 0 Å². The van der Waals surface area contributed by atoms with Crippen molar-refractivity contribution in [1.29, 1.82) is 0 Å². The maximum Gasteiger partial charge on any atom is 0.335 e. The summed E-state index contributed by atoms with van der Waals surface area (Å²) in [4.78, 5) is 14.6. The average molecular weight is 376 g/mol. The number of fused-ring (bicyclic) bond motifs is 1. The maximum absolute atomic E-state index is 11.3. The molecule has 4 rings (SSSR count). The van der Waals surface area contributed by atoms with Gasteiger partial charge in [0.25, 0.3) is 0 Å². The van der Waals surface area contributed by atoms with Crippen molar-refractivity contribution in [2.75, 3.05) is 0 Å². The molecule has 0 fully saturated rings. The van der Waals surface area contributed by atoms with Crippen LogP contribution in [0.15, 0.2) is 66.7 Å². The number of aromatic amines is 1. The number of nitrogens with one attached hydrogen (secondary N) is 1. The standard InChI is InChI=1S/C23H18ClNO2/c1-14-19(20-13-17(23(26)27)10-11-22(20)25-14)12-15-6-8-16(9-7-15)18-4-2-3-5-21(18)24/h2-11,13,25H,12H2,1H3,(H,26,27). The number of aromatic carboxylic acids is 1.